The van der Waals surface area contributed by atoms with Crippen LogP contribution in [0.15, 0.2) is 24.3 Å². The highest BCUT2D eigenvalue weighted by molar-refractivity contribution is 5.65. The Balaban J connectivity index is 1.43. The summed E-state index contributed by atoms with van der Waals surface area (Å²) < 4.78 is 11.1. The zero-order chi connectivity index (χ0) is 14.4. The third-order valence-corrected chi connectivity index (χ3v) is 5.36. The molecule has 1 aromatic carbocycles. The van der Waals surface area contributed by atoms with Crippen molar-refractivity contribution in [3.8, 4) is 5.75 Å². The van der Waals surface area contributed by atoms with Gasteiger partial charge in [0.05, 0.1) is 0 Å². The van der Waals surface area contributed by atoms with E-state index in [4.69, 9.17) is 15.2 Å². The van der Waals surface area contributed by atoms with Crippen LogP contribution in [0.1, 0.15) is 38.5 Å². The average Bonchev–Trinajstić information content (AvgIpc) is 2.39. The molecule has 4 bridgehead atoms. The maximum atomic E-state index is 12.1. The van der Waals surface area contributed by atoms with Crippen LogP contribution in [0.3, 0.4) is 0 Å². The molecule has 0 unspecified atom stereocenters. The number of nitrogens with two attached hydrogens (primary N) is 1. The number of carbonyl (C=O) groups is 1. The third-order valence-electron chi connectivity index (χ3n) is 5.36. The zero-order valence-corrected chi connectivity index (χ0v) is 12.1. The normalized spacial score (nSPS) is 36.5. The van der Waals surface area contributed by atoms with Crippen LogP contribution in [0.5, 0.6) is 5.75 Å². The van der Waals surface area contributed by atoms with Crippen molar-refractivity contribution in [1.82, 2.24) is 0 Å². The van der Waals surface area contributed by atoms with E-state index in [1.54, 1.807) is 24.3 Å². The molecule has 0 amide bonds. The Bertz CT molecular complexity index is 516. The fourth-order valence-corrected chi connectivity index (χ4v) is 4.99. The molecule has 5 rings (SSSR count). The van der Waals surface area contributed by atoms with E-state index >= 15 is 0 Å². The van der Waals surface area contributed by atoms with Crippen molar-refractivity contribution in [2.75, 3.05) is 5.73 Å². The van der Waals surface area contributed by atoms with Gasteiger partial charge in [-0.05, 0) is 80.5 Å². The van der Waals surface area contributed by atoms with Crippen molar-refractivity contribution in [1.29, 1.82) is 0 Å². The lowest BCUT2D eigenvalue weighted by Crippen LogP contribution is -2.53. The van der Waals surface area contributed by atoms with Gasteiger partial charge in [-0.2, -0.15) is 0 Å². The summed E-state index contributed by atoms with van der Waals surface area (Å²) in [5.74, 6) is 2.74. The predicted molar refractivity (Wildman–Crippen MR) is 78.9 cm³/mol. The topological polar surface area (TPSA) is 61.5 Å². The van der Waals surface area contributed by atoms with E-state index in [2.05, 4.69) is 0 Å². The van der Waals surface area contributed by atoms with Crippen LogP contribution in [-0.2, 0) is 4.74 Å². The highest BCUT2D eigenvalue weighted by Gasteiger charge is 2.53. The summed E-state index contributed by atoms with van der Waals surface area (Å²) in [6, 6.07) is 6.81. The van der Waals surface area contributed by atoms with Crippen LogP contribution in [0, 0.1) is 17.8 Å². The molecular weight excluding hydrogens is 266 g/mol. The first-order valence-electron chi connectivity index (χ1n) is 7.87. The Hall–Kier alpha value is -1.71. The van der Waals surface area contributed by atoms with E-state index in [9.17, 15) is 4.79 Å². The number of rotatable bonds is 2. The van der Waals surface area contributed by atoms with Crippen molar-refractivity contribution in [2.24, 2.45) is 17.8 Å². The fraction of sp³-hybridized carbons (Fsp3) is 0.588. The number of benzene rings is 1. The molecule has 0 saturated heterocycles. The minimum atomic E-state index is -0.568. The summed E-state index contributed by atoms with van der Waals surface area (Å²) in [5, 5.41) is 0. The lowest BCUT2D eigenvalue weighted by atomic mass is 9.54. The standard InChI is InChI=1S/C17H21NO3/c18-14-1-3-15(4-2-14)20-16(19)21-17-8-11-5-12(9-17)7-13(6-11)10-17/h1-4,11-13H,5-10,18H2. The fourth-order valence-electron chi connectivity index (χ4n) is 4.99. The van der Waals surface area contributed by atoms with Gasteiger partial charge < -0.3 is 15.2 Å². The lowest BCUT2D eigenvalue weighted by molar-refractivity contribution is -0.135. The SMILES string of the molecule is Nc1ccc(OC(=O)OC23CC4CC(CC(C4)C2)C3)cc1. The second-order valence-electron chi connectivity index (χ2n) is 7.12. The van der Waals surface area contributed by atoms with Crippen LogP contribution >= 0.6 is 0 Å². The lowest BCUT2D eigenvalue weighted by Gasteiger charge is -2.55. The first kappa shape index (κ1) is 13.0. The largest absolute Gasteiger partial charge is 0.514 e. The van der Waals surface area contributed by atoms with Gasteiger partial charge in [-0.15, -0.1) is 0 Å². The van der Waals surface area contributed by atoms with Crippen molar-refractivity contribution in [3.63, 3.8) is 0 Å². The van der Waals surface area contributed by atoms with Crippen molar-refractivity contribution < 1.29 is 14.3 Å². The minimum Gasteiger partial charge on any atom is -0.427 e. The highest BCUT2D eigenvalue weighted by atomic mass is 16.7. The van der Waals surface area contributed by atoms with Gasteiger partial charge in [0.1, 0.15) is 11.4 Å². The molecule has 4 fully saturated rings. The van der Waals surface area contributed by atoms with Crippen LogP contribution in [0.2, 0.25) is 0 Å². The summed E-state index contributed by atoms with van der Waals surface area (Å²) >= 11 is 0. The average molecular weight is 287 g/mol. The zero-order valence-electron chi connectivity index (χ0n) is 12.1. The Labute approximate surface area is 124 Å². The van der Waals surface area contributed by atoms with Crippen molar-refractivity contribution in [2.45, 2.75) is 44.1 Å². The summed E-state index contributed by atoms with van der Waals surface area (Å²) in [6.07, 6.45) is 6.49. The van der Waals surface area contributed by atoms with Gasteiger partial charge in [-0.3, -0.25) is 0 Å². The molecule has 4 heteroatoms. The van der Waals surface area contributed by atoms with Gasteiger partial charge >= 0.3 is 6.16 Å². The second kappa shape index (κ2) is 4.65. The van der Waals surface area contributed by atoms with Crippen LogP contribution < -0.4 is 10.5 Å². The second-order valence-corrected chi connectivity index (χ2v) is 7.12. The Morgan fingerprint density at radius 2 is 1.52 bits per heavy atom. The van der Waals surface area contributed by atoms with E-state index in [0.29, 0.717) is 11.4 Å². The van der Waals surface area contributed by atoms with Crippen LogP contribution in [-0.4, -0.2) is 11.8 Å². The molecule has 0 aliphatic heterocycles. The molecular formula is C17H21NO3. The summed E-state index contributed by atoms with van der Waals surface area (Å²) in [6.45, 7) is 0. The van der Waals surface area contributed by atoms with E-state index in [1.807, 2.05) is 0 Å². The summed E-state index contributed by atoms with van der Waals surface area (Å²) in [5.41, 5.74) is 6.02. The molecule has 21 heavy (non-hydrogen) atoms. The van der Waals surface area contributed by atoms with Crippen LogP contribution in [0.25, 0.3) is 0 Å². The number of ether oxygens (including phenoxy) is 2. The van der Waals surface area contributed by atoms with Gasteiger partial charge in [-0.1, -0.05) is 0 Å². The Kier molecular flexibility index (Phi) is 2.88. The quantitative estimate of drug-likeness (QED) is 0.511. The third kappa shape index (κ3) is 2.47. The van der Waals surface area contributed by atoms with Crippen LogP contribution in [0.4, 0.5) is 10.5 Å². The van der Waals surface area contributed by atoms with E-state index < -0.39 is 6.16 Å². The molecule has 0 aromatic heterocycles. The van der Waals surface area contributed by atoms with E-state index in [0.717, 1.165) is 37.0 Å². The molecule has 4 aliphatic carbocycles. The molecule has 0 radical (unpaired) electrons. The number of hydrogen-bond acceptors (Lipinski definition) is 4. The summed E-state index contributed by atoms with van der Waals surface area (Å²) in [4.78, 5) is 12.1. The maximum absolute atomic E-state index is 12.1. The molecule has 1 aromatic rings. The molecule has 4 nitrogen and oxygen atoms in total. The van der Waals surface area contributed by atoms with Gasteiger partial charge in [0, 0.05) is 5.69 Å². The molecule has 0 atom stereocenters. The number of hydrogen-bond donors (Lipinski definition) is 1. The molecule has 0 spiro atoms. The molecule has 0 heterocycles. The minimum absolute atomic E-state index is 0.250. The smallest absolute Gasteiger partial charge is 0.427 e. The summed E-state index contributed by atoms with van der Waals surface area (Å²) in [7, 11) is 0. The van der Waals surface area contributed by atoms with Gasteiger partial charge in [0.2, 0.25) is 0 Å². The van der Waals surface area contributed by atoms with Gasteiger partial charge in [0.25, 0.3) is 0 Å². The number of anilines is 1. The van der Waals surface area contributed by atoms with Gasteiger partial charge in [-0.25, -0.2) is 4.79 Å². The van der Waals surface area contributed by atoms with E-state index in [-0.39, 0.29) is 5.60 Å². The molecule has 4 aliphatic rings. The number of nitrogen functional groups attached to an aromatic ring is 1. The molecule has 2 N–H and O–H groups in total. The maximum Gasteiger partial charge on any atom is 0.514 e. The van der Waals surface area contributed by atoms with Gasteiger partial charge in [0.15, 0.2) is 0 Å². The van der Waals surface area contributed by atoms with Crippen molar-refractivity contribution in [3.05, 3.63) is 24.3 Å². The number of carbonyl (C=O) groups excluding carboxylic acids is 1. The highest BCUT2D eigenvalue weighted by Crippen LogP contribution is 2.57. The first-order valence-corrected chi connectivity index (χ1v) is 7.87. The monoisotopic (exact) mass is 287 g/mol. The van der Waals surface area contributed by atoms with E-state index in [1.165, 1.54) is 19.3 Å². The Morgan fingerprint density at radius 1 is 1.00 bits per heavy atom. The molecule has 4 saturated carbocycles. The first-order chi connectivity index (χ1) is 10.1. The predicted octanol–water partition coefficient (Wildman–Crippen LogP) is 3.75. The Morgan fingerprint density at radius 3 is 2.05 bits per heavy atom. The van der Waals surface area contributed by atoms with Crippen molar-refractivity contribution >= 4 is 11.8 Å². The molecule has 112 valence electrons.